The standard InChI is InChI=1S/C27H48N8O5/c1-17-10-11-19-20(15-17)24(38)34-21(8-2-4-12-28)26(40)35-22(9-6-14-32-27(29)30)25(39)33-18(16-36)7-3-5-13-31-23(19)37/h16-22H,2-15,28H2,1H3,(H,31,37)(H,33,39)(H,34,38)(H,35,40)(H4,29,30,32)/t17?,18-,19?,20?,21-,22-/m0/s1. The largest absolute Gasteiger partial charge is 0.370 e. The maximum absolute atomic E-state index is 13.5. The minimum Gasteiger partial charge on any atom is -0.370 e. The number of rotatable bonds is 9. The van der Waals surface area contributed by atoms with Gasteiger partial charge in [0.15, 0.2) is 5.96 Å². The predicted molar refractivity (Wildman–Crippen MR) is 152 cm³/mol. The molecule has 2 aliphatic rings. The van der Waals surface area contributed by atoms with Crippen LogP contribution in [0.25, 0.3) is 0 Å². The van der Waals surface area contributed by atoms with E-state index in [2.05, 4.69) is 33.2 Å². The molecule has 0 spiro atoms. The number of nitrogens with two attached hydrogens (primary N) is 3. The molecular weight excluding hydrogens is 516 g/mol. The lowest BCUT2D eigenvalue weighted by molar-refractivity contribution is -0.139. The van der Waals surface area contributed by atoms with Gasteiger partial charge in [0.25, 0.3) is 0 Å². The van der Waals surface area contributed by atoms with Crippen LogP contribution in [0.5, 0.6) is 0 Å². The van der Waals surface area contributed by atoms with Gasteiger partial charge in [-0.25, -0.2) is 0 Å². The predicted octanol–water partition coefficient (Wildman–Crippen LogP) is -0.825. The van der Waals surface area contributed by atoms with Gasteiger partial charge >= 0.3 is 0 Å². The first-order chi connectivity index (χ1) is 19.2. The molecule has 1 saturated heterocycles. The first-order valence-corrected chi connectivity index (χ1v) is 14.6. The number of carbonyl (C=O) groups is 5. The molecule has 2 rings (SSSR count). The van der Waals surface area contributed by atoms with Gasteiger partial charge in [0, 0.05) is 24.9 Å². The highest BCUT2D eigenvalue weighted by Crippen LogP contribution is 2.34. The first kappa shape index (κ1) is 33.0. The Hall–Kier alpha value is -3.22. The summed E-state index contributed by atoms with van der Waals surface area (Å²) in [6, 6.07) is -2.61. The van der Waals surface area contributed by atoms with Crippen molar-refractivity contribution in [3.8, 4) is 0 Å². The summed E-state index contributed by atoms with van der Waals surface area (Å²) in [5.41, 5.74) is 16.4. The van der Waals surface area contributed by atoms with Gasteiger partial charge in [-0.15, -0.1) is 0 Å². The highest BCUT2D eigenvalue weighted by molar-refractivity contribution is 5.94. The van der Waals surface area contributed by atoms with Gasteiger partial charge in [-0.3, -0.25) is 24.2 Å². The molecule has 2 fully saturated rings. The average Bonchev–Trinajstić information content (AvgIpc) is 2.92. The van der Waals surface area contributed by atoms with E-state index in [9.17, 15) is 24.0 Å². The van der Waals surface area contributed by atoms with Gasteiger partial charge in [-0.2, -0.15) is 0 Å². The molecule has 0 radical (unpaired) electrons. The van der Waals surface area contributed by atoms with Crippen molar-refractivity contribution in [2.24, 2.45) is 39.9 Å². The first-order valence-electron chi connectivity index (χ1n) is 14.6. The van der Waals surface area contributed by atoms with Crippen molar-refractivity contribution in [3.63, 3.8) is 0 Å². The van der Waals surface area contributed by atoms with Crippen molar-refractivity contribution in [3.05, 3.63) is 0 Å². The van der Waals surface area contributed by atoms with Gasteiger partial charge in [-0.05, 0) is 83.1 Å². The monoisotopic (exact) mass is 564 g/mol. The number of aliphatic imine (C=N–C) groups is 1. The van der Waals surface area contributed by atoms with Gasteiger partial charge in [0.05, 0.1) is 6.04 Å². The Morgan fingerprint density at radius 1 is 0.850 bits per heavy atom. The Balaban J connectivity index is 2.32. The summed E-state index contributed by atoms with van der Waals surface area (Å²) in [4.78, 5) is 68.9. The van der Waals surface area contributed by atoms with Gasteiger partial charge in [0.1, 0.15) is 18.4 Å². The maximum Gasteiger partial charge on any atom is 0.243 e. The zero-order valence-corrected chi connectivity index (χ0v) is 23.7. The maximum atomic E-state index is 13.5. The van der Waals surface area contributed by atoms with Crippen LogP contribution in [0.4, 0.5) is 0 Å². The quantitative estimate of drug-likeness (QED) is 0.0808. The van der Waals surface area contributed by atoms with Crippen LogP contribution in [0.1, 0.15) is 77.6 Å². The van der Waals surface area contributed by atoms with Crippen molar-refractivity contribution in [1.29, 1.82) is 0 Å². The molecule has 0 bridgehead atoms. The van der Waals surface area contributed by atoms with E-state index >= 15 is 0 Å². The second-order valence-electron chi connectivity index (χ2n) is 11.0. The second kappa shape index (κ2) is 17.5. The number of unbranched alkanes of at least 4 members (excludes halogenated alkanes) is 1. The van der Waals surface area contributed by atoms with Crippen LogP contribution in [0.15, 0.2) is 4.99 Å². The second-order valence-corrected chi connectivity index (χ2v) is 11.0. The SMILES string of the molecule is CC1CCC2C(=O)NCCCC[C@@H](C=O)NC(=O)[C@H](CCCN=C(N)N)NC(=O)[C@H](CCCCN)NC(=O)C2C1. The van der Waals surface area contributed by atoms with Crippen molar-refractivity contribution >= 4 is 35.9 Å². The lowest BCUT2D eigenvalue weighted by Crippen LogP contribution is -2.56. The van der Waals surface area contributed by atoms with Crippen LogP contribution < -0.4 is 38.5 Å². The van der Waals surface area contributed by atoms with E-state index in [0.717, 1.165) is 6.42 Å². The normalized spacial score (nSPS) is 29.1. The molecule has 13 nitrogen and oxygen atoms in total. The number of hydrogen-bond acceptors (Lipinski definition) is 7. The molecular formula is C27H48N8O5. The third kappa shape index (κ3) is 11.1. The van der Waals surface area contributed by atoms with Gasteiger partial charge < -0.3 is 43.3 Å². The summed E-state index contributed by atoms with van der Waals surface area (Å²) in [5.74, 6) is -2.34. The number of hydrogen-bond donors (Lipinski definition) is 7. The van der Waals surface area contributed by atoms with E-state index in [1.54, 1.807) is 0 Å². The number of fused-ring (bicyclic) bond motifs is 1. The minimum absolute atomic E-state index is 0.0746. The van der Waals surface area contributed by atoms with Crippen LogP contribution in [-0.4, -0.2) is 73.6 Å². The fourth-order valence-electron chi connectivity index (χ4n) is 5.36. The van der Waals surface area contributed by atoms with Crippen molar-refractivity contribution < 1.29 is 24.0 Å². The highest BCUT2D eigenvalue weighted by atomic mass is 16.2. The summed E-state index contributed by atoms with van der Waals surface area (Å²) in [6.45, 7) is 3.17. The zero-order chi connectivity index (χ0) is 29.5. The van der Waals surface area contributed by atoms with Gasteiger partial charge in [0.2, 0.25) is 23.6 Å². The third-order valence-electron chi connectivity index (χ3n) is 7.68. The minimum atomic E-state index is -0.959. The number of aldehydes is 1. The molecule has 0 aromatic rings. The Bertz CT molecular complexity index is 894. The Kier molecular flexibility index (Phi) is 14.4. The van der Waals surface area contributed by atoms with Crippen molar-refractivity contribution in [2.75, 3.05) is 19.6 Å². The van der Waals surface area contributed by atoms with Crippen molar-refractivity contribution in [1.82, 2.24) is 21.3 Å². The Morgan fingerprint density at radius 3 is 2.20 bits per heavy atom. The average molecular weight is 565 g/mol. The zero-order valence-electron chi connectivity index (χ0n) is 23.7. The summed E-state index contributed by atoms with van der Waals surface area (Å²) < 4.78 is 0. The molecule has 226 valence electrons. The summed E-state index contributed by atoms with van der Waals surface area (Å²) in [7, 11) is 0. The molecule has 1 heterocycles. The molecule has 6 atom stereocenters. The van der Waals surface area contributed by atoms with Crippen LogP contribution >= 0.6 is 0 Å². The lowest BCUT2D eigenvalue weighted by atomic mass is 9.73. The van der Waals surface area contributed by atoms with Crippen molar-refractivity contribution in [2.45, 2.75) is 95.7 Å². The highest BCUT2D eigenvalue weighted by Gasteiger charge is 2.39. The summed E-state index contributed by atoms with van der Waals surface area (Å²) >= 11 is 0. The van der Waals surface area contributed by atoms with E-state index in [1.807, 2.05) is 0 Å². The Morgan fingerprint density at radius 2 is 1.52 bits per heavy atom. The number of guanidine groups is 1. The molecule has 1 aliphatic heterocycles. The third-order valence-corrected chi connectivity index (χ3v) is 7.68. The molecule has 0 aromatic heterocycles. The molecule has 10 N–H and O–H groups in total. The van der Waals surface area contributed by atoms with Crippen LogP contribution in [0.3, 0.4) is 0 Å². The van der Waals surface area contributed by atoms with E-state index in [-0.39, 0.29) is 36.7 Å². The fourth-order valence-corrected chi connectivity index (χ4v) is 5.36. The van der Waals surface area contributed by atoms with E-state index in [4.69, 9.17) is 17.2 Å². The molecule has 0 aromatic carbocycles. The lowest BCUT2D eigenvalue weighted by Gasteiger charge is -2.34. The number of carbonyl (C=O) groups excluding carboxylic acids is 5. The van der Waals surface area contributed by atoms with Crippen LogP contribution in [-0.2, 0) is 24.0 Å². The summed E-state index contributed by atoms with van der Waals surface area (Å²) in [5, 5.41) is 11.3. The molecule has 3 unspecified atom stereocenters. The van der Waals surface area contributed by atoms with Crippen LogP contribution in [0.2, 0.25) is 0 Å². The molecule has 40 heavy (non-hydrogen) atoms. The molecule has 13 heteroatoms. The summed E-state index contributed by atoms with van der Waals surface area (Å²) in [6.07, 6.45) is 6.49. The molecule has 1 aliphatic carbocycles. The number of amides is 4. The van der Waals surface area contributed by atoms with E-state index < -0.39 is 41.8 Å². The number of nitrogens with zero attached hydrogens (tertiary/aromatic N) is 1. The van der Waals surface area contributed by atoms with E-state index in [0.29, 0.717) is 77.2 Å². The molecule has 1 saturated carbocycles. The smallest absolute Gasteiger partial charge is 0.243 e. The van der Waals surface area contributed by atoms with Gasteiger partial charge in [-0.1, -0.05) is 6.92 Å². The Labute approximate surface area is 236 Å². The molecule has 4 amide bonds. The fraction of sp³-hybridized carbons (Fsp3) is 0.778. The van der Waals surface area contributed by atoms with Crippen LogP contribution in [0, 0.1) is 17.8 Å². The topological polar surface area (TPSA) is 224 Å². The number of nitrogens with one attached hydrogen (secondary N) is 4. The van der Waals surface area contributed by atoms with E-state index in [1.165, 1.54) is 0 Å².